The van der Waals surface area contributed by atoms with Gasteiger partial charge in [0.2, 0.25) is 5.91 Å². The monoisotopic (exact) mass is 292 g/mol. The van der Waals surface area contributed by atoms with Gasteiger partial charge in [0.05, 0.1) is 17.7 Å². The highest BCUT2D eigenvalue weighted by Crippen LogP contribution is 2.22. The molecular weight excluding hydrogens is 268 g/mol. The van der Waals surface area contributed by atoms with Crippen LogP contribution in [0.5, 0.6) is 0 Å². The van der Waals surface area contributed by atoms with Crippen molar-refractivity contribution in [2.45, 2.75) is 33.6 Å². The first-order valence-corrected chi connectivity index (χ1v) is 7.70. The standard InChI is InChI=1S/C16H24N2O3/c1-4-17(5-2)15(19)13-7-6-9-18(11-13)16(20)14-8-10-21-12(14)3/h8,10,13H,4-7,9,11H2,1-3H3. The minimum absolute atomic E-state index is 0.0294. The SMILES string of the molecule is CCN(CC)C(=O)C1CCCN(C(=O)c2ccoc2C)C1. The Morgan fingerprint density at radius 2 is 2.10 bits per heavy atom. The molecule has 1 aromatic rings. The van der Waals surface area contributed by atoms with Crippen LogP contribution in [0.3, 0.4) is 0 Å². The zero-order valence-corrected chi connectivity index (χ0v) is 13.1. The van der Waals surface area contributed by atoms with Gasteiger partial charge < -0.3 is 14.2 Å². The predicted molar refractivity (Wildman–Crippen MR) is 80.0 cm³/mol. The van der Waals surface area contributed by atoms with Crippen LogP contribution in [0.4, 0.5) is 0 Å². The van der Waals surface area contributed by atoms with Gasteiger partial charge in [0, 0.05) is 26.2 Å². The van der Waals surface area contributed by atoms with Gasteiger partial charge in [-0.3, -0.25) is 9.59 Å². The summed E-state index contributed by atoms with van der Waals surface area (Å²) >= 11 is 0. The van der Waals surface area contributed by atoms with Gasteiger partial charge in [-0.15, -0.1) is 0 Å². The summed E-state index contributed by atoms with van der Waals surface area (Å²) in [4.78, 5) is 28.6. The zero-order valence-electron chi connectivity index (χ0n) is 13.1. The molecule has 1 aromatic heterocycles. The quantitative estimate of drug-likeness (QED) is 0.855. The van der Waals surface area contributed by atoms with Crippen LogP contribution >= 0.6 is 0 Å². The third-order valence-electron chi connectivity index (χ3n) is 4.22. The molecule has 1 unspecified atom stereocenters. The molecule has 1 aliphatic rings. The molecule has 0 saturated carbocycles. The highest BCUT2D eigenvalue weighted by atomic mass is 16.3. The number of likely N-dealkylation sites (tertiary alicyclic amines) is 1. The molecular formula is C16H24N2O3. The second-order valence-corrected chi connectivity index (χ2v) is 5.49. The summed E-state index contributed by atoms with van der Waals surface area (Å²) in [5.74, 6) is 0.701. The summed E-state index contributed by atoms with van der Waals surface area (Å²) in [6, 6.07) is 1.70. The van der Waals surface area contributed by atoms with Crippen LogP contribution in [0.2, 0.25) is 0 Å². The van der Waals surface area contributed by atoms with Gasteiger partial charge in [-0.2, -0.15) is 0 Å². The normalized spacial score (nSPS) is 18.6. The molecule has 1 aliphatic heterocycles. The number of carbonyl (C=O) groups excluding carboxylic acids is 2. The van der Waals surface area contributed by atoms with Crippen LogP contribution in [0.15, 0.2) is 16.7 Å². The van der Waals surface area contributed by atoms with Crippen molar-refractivity contribution in [1.29, 1.82) is 0 Å². The largest absolute Gasteiger partial charge is 0.469 e. The molecule has 2 heterocycles. The molecule has 5 heteroatoms. The second kappa shape index (κ2) is 6.78. The Kier molecular flexibility index (Phi) is 5.04. The fourth-order valence-corrected chi connectivity index (χ4v) is 2.93. The minimum atomic E-state index is -0.0743. The van der Waals surface area contributed by atoms with Gasteiger partial charge in [-0.05, 0) is 39.7 Å². The number of amides is 2. The third kappa shape index (κ3) is 3.28. The minimum Gasteiger partial charge on any atom is -0.469 e. The number of furan rings is 1. The number of rotatable bonds is 4. The lowest BCUT2D eigenvalue weighted by Gasteiger charge is -2.34. The van der Waals surface area contributed by atoms with Crippen molar-refractivity contribution < 1.29 is 14.0 Å². The topological polar surface area (TPSA) is 53.8 Å². The molecule has 0 aromatic carbocycles. The summed E-state index contributed by atoms with van der Waals surface area (Å²) in [7, 11) is 0. The van der Waals surface area contributed by atoms with Gasteiger partial charge in [-0.1, -0.05) is 0 Å². The Morgan fingerprint density at radius 3 is 2.67 bits per heavy atom. The van der Waals surface area contributed by atoms with Gasteiger partial charge in [-0.25, -0.2) is 0 Å². The van der Waals surface area contributed by atoms with E-state index in [0.29, 0.717) is 24.4 Å². The Labute approximate surface area is 125 Å². The third-order valence-corrected chi connectivity index (χ3v) is 4.22. The van der Waals surface area contributed by atoms with Gasteiger partial charge in [0.25, 0.3) is 5.91 Å². The molecule has 2 amide bonds. The molecule has 5 nitrogen and oxygen atoms in total. The first kappa shape index (κ1) is 15.6. The van der Waals surface area contributed by atoms with Crippen molar-refractivity contribution in [1.82, 2.24) is 9.80 Å². The van der Waals surface area contributed by atoms with Crippen LogP contribution in [-0.4, -0.2) is 47.8 Å². The van der Waals surface area contributed by atoms with E-state index in [1.54, 1.807) is 17.9 Å². The summed E-state index contributed by atoms with van der Waals surface area (Å²) < 4.78 is 5.20. The number of carbonyl (C=O) groups is 2. The molecule has 116 valence electrons. The number of aryl methyl sites for hydroxylation is 1. The fourth-order valence-electron chi connectivity index (χ4n) is 2.93. The molecule has 0 bridgehead atoms. The first-order valence-electron chi connectivity index (χ1n) is 7.70. The smallest absolute Gasteiger partial charge is 0.257 e. The van der Waals surface area contributed by atoms with Gasteiger partial charge in [0.1, 0.15) is 5.76 Å². The molecule has 1 atom stereocenters. The van der Waals surface area contributed by atoms with Crippen molar-refractivity contribution in [3.63, 3.8) is 0 Å². The van der Waals surface area contributed by atoms with Crippen molar-refractivity contribution in [3.05, 3.63) is 23.7 Å². The van der Waals surface area contributed by atoms with Crippen molar-refractivity contribution in [2.75, 3.05) is 26.2 Å². The molecule has 1 fully saturated rings. The molecule has 2 rings (SSSR count). The average Bonchev–Trinajstić information content (AvgIpc) is 2.94. The van der Waals surface area contributed by atoms with E-state index in [-0.39, 0.29) is 17.7 Å². The molecule has 0 spiro atoms. The number of nitrogens with zero attached hydrogens (tertiary/aromatic N) is 2. The van der Waals surface area contributed by atoms with Crippen molar-refractivity contribution in [3.8, 4) is 0 Å². The summed E-state index contributed by atoms with van der Waals surface area (Å²) in [6.07, 6.45) is 3.27. The maximum absolute atomic E-state index is 12.5. The summed E-state index contributed by atoms with van der Waals surface area (Å²) in [5.41, 5.74) is 0.603. The Hall–Kier alpha value is -1.78. The lowest BCUT2D eigenvalue weighted by Crippen LogP contribution is -2.46. The number of hydrogen-bond donors (Lipinski definition) is 0. The van der Waals surface area contributed by atoms with E-state index in [4.69, 9.17) is 4.42 Å². The average molecular weight is 292 g/mol. The van der Waals surface area contributed by atoms with E-state index in [2.05, 4.69) is 0 Å². The van der Waals surface area contributed by atoms with E-state index in [9.17, 15) is 9.59 Å². The van der Waals surface area contributed by atoms with Crippen LogP contribution < -0.4 is 0 Å². The van der Waals surface area contributed by atoms with E-state index in [1.165, 1.54) is 6.26 Å². The maximum atomic E-state index is 12.5. The fraction of sp³-hybridized carbons (Fsp3) is 0.625. The van der Waals surface area contributed by atoms with Crippen molar-refractivity contribution in [2.24, 2.45) is 5.92 Å². The van der Waals surface area contributed by atoms with Crippen molar-refractivity contribution >= 4 is 11.8 Å². The van der Waals surface area contributed by atoms with Crippen LogP contribution in [0.1, 0.15) is 42.8 Å². The van der Waals surface area contributed by atoms with E-state index >= 15 is 0 Å². The zero-order chi connectivity index (χ0) is 15.4. The lowest BCUT2D eigenvalue weighted by atomic mass is 9.96. The Balaban J connectivity index is 2.05. The van der Waals surface area contributed by atoms with Gasteiger partial charge in [0.15, 0.2) is 0 Å². The van der Waals surface area contributed by atoms with Crippen LogP contribution in [-0.2, 0) is 4.79 Å². The summed E-state index contributed by atoms with van der Waals surface area (Å²) in [6.45, 7) is 8.44. The highest BCUT2D eigenvalue weighted by molar-refractivity contribution is 5.95. The Bertz CT molecular complexity index is 505. The number of hydrogen-bond acceptors (Lipinski definition) is 3. The van der Waals surface area contributed by atoms with E-state index in [1.807, 2.05) is 18.7 Å². The van der Waals surface area contributed by atoms with Gasteiger partial charge >= 0.3 is 0 Å². The van der Waals surface area contributed by atoms with Crippen LogP contribution in [0, 0.1) is 12.8 Å². The second-order valence-electron chi connectivity index (χ2n) is 5.49. The maximum Gasteiger partial charge on any atom is 0.257 e. The molecule has 0 N–H and O–H groups in total. The predicted octanol–water partition coefficient (Wildman–Crippen LogP) is 2.31. The molecule has 1 saturated heterocycles. The molecule has 0 aliphatic carbocycles. The molecule has 0 radical (unpaired) electrons. The van der Waals surface area contributed by atoms with E-state index < -0.39 is 0 Å². The Morgan fingerprint density at radius 1 is 1.38 bits per heavy atom. The highest BCUT2D eigenvalue weighted by Gasteiger charge is 2.31. The number of piperidine rings is 1. The summed E-state index contributed by atoms with van der Waals surface area (Å²) in [5, 5.41) is 0. The molecule has 21 heavy (non-hydrogen) atoms. The van der Waals surface area contributed by atoms with E-state index in [0.717, 1.165) is 25.9 Å². The lowest BCUT2D eigenvalue weighted by molar-refractivity contribution is -0.136. The van der Waals surface area contributed by atoms with Crippen LogP contribution in [0.25, 0.3) is 0 Å². The first-order chi connectivity index (χ1) is 10.1.